The van der Waals surface area contributed by atoms with Crippen molar-refractivity contribution in [3.63, 3.8) is 0 Å². The van der Waals surface area contributed by atoms with E-state index in [9.17, 15) is 9.59 Å². The molecule has 2 aromatic rings. The first-order valence-corrected chi connectivity index (χ1v) is 10.8. The van der Waals surface area contributed by atoms with Crippen molar-refractivity contribution in [1.29, 1.82) is 0 Å². The molecule has 0 saturated carbocycles. The number of benzene rings is 1. The van der Waals surface area contributed by atoms with E-state index in [0.29, 0.717) is 35.7 Å². The highest BCUT2D eigenvalue weighted by atomic mass is 16.6. The van der Waals surface area contributed by atoms with Crippen LogP contribution in [0, 0.1) is 0 Å². The molecule has 33 heavy (non-hydrogen) atoms. The zero-order valence-electron chi connectivity index (χ0n) is 19.8. The van der Waals surface area contributed by atoms with Crippen LogP contribution in [0.5, 0.6) is 11.6 Å². The molecule has 0 radical (unpaired) electrons. The van der Waals surface area contributed by atoms with Gasteiger partial charge in [-0.2, -0.15) is 0 Å². The zero-order chi connectivity index (χ0) is 24.2. The molecule has 1 amide bonds. The van der Waals surface area contributed by atoms with Crippen LogP contribution in [0.3, 0.4) is 0 Å². The van der Waals surface area contributed by atoms with Gasteiger partial charge < -0.3 is 18.9 Å². The Bertz CT molecular complexity index is 1030. The molecular formula is C24H31N3O6. The van der Waals surface area contributed by atoms with Gasteiger partial charge in [-0.3, -0.25) is 4.90 Å². The van der Waals surface area contributed by atoms with Gasteiger partial charge in [0.05, 0.1) is 31.8 Å². The van der Waals surface area contributed by atoms with E-state index in [4.69, 9.17) is 23.9 Å². The standard InChI is InChI=1S/C24H31N3O6/c1-7-8-9-18-21(26-19-12-15(30-5)10-11-17(19)25-18)32-16-13-20(22(28)31-6)27(14-16)23(29)33-24(2,3)4/h7,10-12,16,20H,1,8-9,13-14H2,2-6H3/t16?,20-/m0/s1. The minimum Gasteiger partial charge on any atom is -0.497 e. The van der Waals surface area contributed by atoms with E-state index in [1.165, 1.54) is 12.0 Å². The van der Waals surface area contributed by atoms with Crippen LogP contribution in [-0.4, -0.2) is 65.4 Å². The Kier molecular flexibility index (Phi) is 7.40. The summed E-state index contributed by atoms with van der Waals surface area (Å²) in [6, 6.07) is 4.65. The number of aromatic nitrogens is 2. The largest absolute Gasteiger partial charge is 0.497 e. The molecule has 1 fully saturated rings. The Morgan fingerprint density at radius 1 is 1.21 bits per heavy atom. The average Bonchev–Trinajstić information content (AvgIpc) is 3.19. The van der Waals surface area contributed by atoms with Gasteiger partial charge in [0.25, 0.3) is 0 Å². The highest BCUT2D eigenvalue weighted by Gasteiger charge is 2.43. The number of carbonyl (C=O) groups excluding carboxylic acids is 2. The molecule has 0 spiro atoms. The Balaban J connectivity index is 1.89. The van der Waals surface area contributed by atoms with Gasteiger partial charge in [0.2, 0.25) is 5.88 Å². The Morgan fingerprint density at radius 2 is 1.97 bits per heavy atom. The molecule has 0 aliphatic carbocycles. The number of esters is 1. The molecule has 1 aliphatic heterocycles. The SMILES string of the molecule is C=CCCc1nc2ccc(OC)cc2nc1OC1C[C@@H](C(=O)OC)N(C(=O)OC(C)(C)C)C1. The molecule has 1 aliphatic rings. The lowest BCUT2D eigenvalue weighted by atomic mass is 10.2. The number of allylic oxidation sites excluding steroid dienone is 1. The molecule has 0 bridgehead atoms. The van der Waals surface area contributed by atoms with Crippen molar-refractivity contribution in [3.8, 4) is 11.6 Å². The van der Waals surface area contributed by atoms with Crippen molar-refractivity contribution in [2.24, 2.45) is 0 Å². The summed E-state index contributed by atoms with van der Waals surface area (Å²) >= 11 is 0. The maximum absolute atomic E-state index is 12.7. The first-order chi connectivity index (χ1) is 15.6. The number of nitrogens with zero attached hydrogens (tertiary/aromatic N) is 3. The second kappa shape index (κ2) is 10.1. The molecule has 178 valence electrons. The van der Waals surface area contributed by atoms with Crippen molar-refractivity contribution >= 4 is 23.1 Å². The van der Waals surface area contributed by atoms with E-state index in [1.54, 1.807) is 40.0 Å². The van der Waals surface area contributed by atoms with Crippen LogP contribution in [0.25, 0.3) is 11.0 Å². The van der Waals surface area contributed by atoms with Crippen molar-refractivity contribution in [1.82, 2.24) is 14.9 Å². The van der Waals surface area contributed by atoms with Crippen LogP contribution in [0.4, 0.5) is 4.79 Å². The molecule has 2 heterocycles. The number of fused-ring (bicyclic) bond motifs is 1. The lowest BCUT2D eigenvalue weighted by molar-refractivity contribution is -0.145. The molecular weight excluding hydrogens is 426 g/mol. The summed E-state index contributed by atoms with van der Waals surface area (Å²) < 4.78 is 21.9. The number of aryl methyl sites for hydroxylation is 1. The highest BCUT2D eigenvalue weighted by Crippen LogP contribution is 2.29. The second-order valence-electron chi connectivity index (χ2n) is 8.80. The third-order valence-corrected chi connectivity index (χ3v) is 5.13. The predicted molar refractivity (Wildman–Crippen MR) is 122 cm³/mol. The fourth-order valence-corrected chi connectivity index (χ4v) is 3.60. The minimum atomic E-state index is -0.806. The lowest BCUT2D eigenvalue weighted by Crippen LogP contribution is -2.44. The minimum absolute atomic E-state index is 0.160. The van der Waals surface area contributed by atoms with Crippen LogP contribution >= 0.6 is 0 Å². The van der Waals surface area contributed by atoms with E-state index < -0.39 is 29.8 Å². The number of rotatable bonds is 7. The Morgan fingerprint density at radius 3 is 2.61 bits per heavy atom. The van der Waals surface area contributed by atoms with E-state index in [2.05, 4.69) is 11.6 Å². The topological polar surface area (TPSA) is 100 Å². The number of likely N-dealkylation sites (tertiary alicyclic amines) is 1. The molecule has 9 heteroatoms. The van der Waals surface area contributed by atoms with Crippen LogP contribution < -0.4 is 9.47 Å². The van der Waals surface area contributed by atoms with Gasteiger partial charge in [0.1, 0.15) is 29.2 Å². The van der Waals surface area contributed by atoms with Gasteiger partial charge in [-0.25, -0.2) is 19.6 Å². The first-order valence-electron chi connectivity index (χ1n) is 10.8. The van der Waals surface area contributed by atoms with E-state index >= 15 is 0 Å². The molecule has 1 saturated heterocycles. The van der Waals surface area contributed by atoms with Crippen molar-refractivity contribution < 1.29 is 28.5 Å². The van der Waals surface area contributed by atoms with E-state index in [1.807, 2.05) is 12.1 Å². The molecule has 0 N–H and O–H groups in total. The Hall–Kier alpha value is -3.36. The molecule has 1 aromatic carbocycles. The summed E-state index contributed by atoms with van der Waals surface area (Å²) in [6.07, 6.45) is 2.27. The summed E-state index contributed by atoms with van der Waals surface area (Å²) in [5.74, 6) is 0.495. The summed E-state index contributed by atoms with van der Waals surface area (Å²) in [7, 11) is 2.88. The van der Waals surface area contributed by atoms with Gasteiger partial charge in [0.15, 0.2) is 0 Å². The summed E-state index contributed by atoms with van der Waals surface area (Å²) in [4.78, 5) is 35.8. The molecule has 2 atom stereocenters. The molecule has 1 unspecified atom stereocenters. The molecule has 1 aromatic heterocycles. The fourth-order valence-electron chi connectivity index (χ4n) is 3.60. The maximum atomic E-state index is 12.7. The maximum Gasteiger partial charge on any atom is 0.411 e. The van der Waals surface area contributed by atoms with E-state index in [-0.39, 0.29) is 13.0 Å². The van der Waals surface area contributed by atoms with Crippen molar-refractivity contribution in [2.75, 3.05) is 20.8 Å². The van der Waals surface area contributed by atoms with E-state index in [0.717, 1.165) is 5.52 Å². The predicted octanol–water partition coefficient (Wildman–Crippen LogP) is 3.69. The van der Waals surface area contributed by atoms with Gasteiger partial charge in [-0.1, -0.05) is 6.08 Å². The number of ether oxygens (including phenoxy) is 4. The Labute approximate surface area is 193 Å². The average molecular weight is 458 g/mol. The number of methoxy groups -OCH3 is 2. The van der Waals surface area contributed by atoms with Gasteiger partial charge in [-0.05, 0) is 45.7 Å². The zero-order valence-corrected chi connectivity index (χ0v) is 19.8. The highest BCUT2D eigenvalue weighted by molar-refractivity contribution is 5.82. The van der Waals surface area contributed by atoms with Gasteiger partial charge in [0, 0.05) is 12.5 Å². The lowest BCUT2D eigenvalue weighted by Gasteiger charge is -2.27. The monoisotopic (exact) mass is 457 g/mol. The van der Waals surface area contributed by atoms with Crippen LogP contribution in [0.15, 0.2) is 30.9 Å². The number of hydrogen-bond acceptors (Lipinski definition) is 8. The number of carbonyl (C=O) groups is 2. The normalized spacial score (nSPS) is 18.2. The van der Waals surface area contributed by atoms with Crippen molar-refractivity contribution in [2.45, 2.75) is 57.8 Å². The molecule has 3 rings (SSSR count). The molecule has 9 nitrogen and oxygen atoms in total. The third-order valence-electron chi connectivity index (χ3n) is 5.13. The summed E-state index contributed by atoms with van der Waals surface area (Å²) in [5.41, 5.74) is 1.32. The van der Waals surface area contributed by atoms with Gasteiger partial charge >= 0.3 is 12.1 Å². The summed E-state index contributed by atoms with van der Waals surface area (Å²) in [6.45, 7) is 9.25. The summed E-state index contributed by atoms with van der Waals surface area (Å²) in [5, 5.41) is 0. The van der Waals surface area contributed by atoms with Crippen LogP contribution in [-0.2, 0) is 20.7 Å². The number of hydrogen-bond donors (Lipinski definition) is 0. The van der Waals surface area contributed by atoms with Crippen LogP contribution in [0.1, 0.15) is 39.3 Å². The quantitative estimate of drug-likeness (QED) is 0.458. The number of amides is 1. The first kappa shape index (κ1) is 24.3. The third kappa shape index (κ3) is 5.91. The second-order valence-corrected chi connectivity index (χ2v) is 8.80. The fraction of sp³-hybridized carbons (Fsp3) is 0.500. The smallest absolute Gasteiger partial charge is 0.411 e. The van der Waals surface area contributed by atoms with Gasteiger partial charge in [-0.15, -0.1) is 6.58 Å². The van der Waals surface area contributed by atoms with Crippen molar-refractivity contribution in [3.05, 3.63) is 36.5 Å². The van der Waals surface area contributed by atoms with Crippen LogP contribution in [0.2, 0.25) is 0 Å².